The number of Topliss-reactive ketones (excluding diaryl/α,β-unsaturated/α-hetero) is 1. The van der Waals surface area contributed by atoms with Crippen molar-refractivity contribution in [3.05, 3.63) is 59.2 Å². The number of anilines is 2. The molecule has 1 amide bonds. The number of carbonyl (C=O) groups excluding carboxylic acids is 3. The Morgan fingerprint density at radius 2 is 1.77 bits per heavy atom. The molecule has 0 atom stereocenters. The van der Waals surface area contributed by atoms with E-state index < -0.39 is 0 Å². The van der Waals surface area contributed by atoms with Crippen LogP contribution in [0.2, 0.25) is 0 Å². The van der Waals surface area contributed by atoms with Crippen molar-refractivity contribution in [1.82, 2.24) is 0 Å². The van der Waals surface area contributed by atoms with Crippen LogP contribution in [0.3, 0.4) is 0 Å². The van der Waals surface area contributed by atoms with Gasteiger partial charge in [-0.05, 0) is 73.2 Å². The largest absolute Gasteiger partial charge is 0.465 e. The summed E-state index contributed by atoms with van der Waals surface area (Å²) in [5, 5.41) is 2.80. The number of methoxy groups -OCH3 is 1. The maximum absolute atomic E-state index is 12.6. The molecule has 2 aliphatic heterocycles. The highest BCUT2D eigenvalue weighted by molar-refractivity contribution is 6.02. The van der Waals surface area contributed by atoms with Gasteiger partial charge in [-0.25, -0.2) is 4.79 Å². The molecule has 2 aromatic rings. The summed E-state index contributed by atoms with van der Waals surface area (Å²) in [6.07, 6.45) is 3.89. The summed E-state index contributed by atoms with van der Waals surface area (Å²) in [5.41, 5.74) is 4.11. The third kappa shape index (κ3) is 4.37. The molecular weight excluding hydrogens is 380 g/mol. The Kier molecular flexibility index (Phi) is 5.84. The first kappa shape index (κ1) is 20.1. The molecule has 4 rings (SSSR count). The number of nitrogens with zero attached hydrogens (tertiary/aromatic N) is 1. The van der Waals surface area contributed by atoms with E-state index in [1.165, 1.54) is 7.11 Å². The second kappa shape index (κ2) is 8.69. The van der Waals surface area contributed by atoms with Crippen molar-refractivity contribution in [1.29, 1.82) is 0 Å². The third-order valence-electron chi connectivity index (χ3n) is 6.10. The molecule has 0 unspecified atom stereocenters. The molecule has 1 saturated heterocycles. The van der Waals surface area contributed by atoms with E-state index in [4.69, 9.17) is 4.74 Å². The molecule has 2 aromatic carbocycles. The van der Waals surface area contributed by atoms with E-state index >= 15 is 0 Å². The van der Waals surface area contributed by atoms with E-state index in [-0.39, 0.29) is 17.7 Å². The first-order valence-electron chi connectivity index (χ1n) is 10.4. The predicted molar refractivity (Wildman–Crippen MR) is 115 cm³/mol. The Balaban J connectivity index is 1.26. The number of ether oxygens (including phenoxy) is 1. The van der Waals surface area contributed by atoms with E-state index in [9.17, 15) is 14.4 Å². The molecule has 2 aliphatic rings. The number of fused-ring (bicyclic) bond motifs is 1. The monoisotopic (exact) mass is 406 g/mol. The van der Waals surface area contributed by atoms with E-state index in [1.54, 1.807) is 12.1 Å². The molecule has 0 bridgehead atoms. The number of piperidine rings is 1. The fraction of sp³-hybridized carbons (Fsp3) is 0.375. The molecule has 0 aliphatic carbocycles. The van der Waals surface area contributed by atoms with Gasteiger partial charge in [0, 0.05) is 36.4 Å². The van der Waals surface area contributed by atoms with Gasteiger partial charge >= 0.3 is 5.97 Å². The lowest BCUT2D eigenvalue weighted by Gasteiger charge is -2.33. The number of esters is 1. The molecule has 0 saturated carbocycles. The van der Waals surface area contributed by atoms with E-state index in [0.717, 1.165) is 49.3 Å². The van der Waals surface area contributed by atoms with Crippen LogP contribution in [0, 0.1) is 5.92 Å². The van der Waals surface area contributed by atoms with Crippen LogP contribution in [0.25, 0.3) is 0 Å². The number of hydrogen-bond acceptors (Lipinski definition) is 5. The van der Waals surface area contributed by atoms with Crippen molar-refractivity contribution in [3.8, 4) is 0 Å². The highest BCUT2D eigenvalue weighted by atomic mass is 16.5. The average molecular weight is 406 g/mol. The normalized spacial score (nSPS) is 16.2. The third-order valence-corrected chi connectivity index (χ3v) is 6.10. The maximum Gasteiger partial charge on any atom is 0.337 e. The molecule has 156 valence electrons. The number of amides is 1. The Labute approximate surface area is 176 Å². The fourth-order valence-corrected chi connectivity index (χ4v) is 4.29. The molecule has 1 N–H and O–H groups in total. The van der Waals surface area contributed by atoms with E-state index in [0.29, 0.717) is 29.9 Å². The lowest BCUT2D eigenvalue weighted by molar-refractivity contribution is -0.115. The van der Waals surface area contributed by atoms with Crippen molar-refractivity contribution in [2.75, 3.05) is 30.4 Å². The van der Waals surface area contributed by atoms with Crippen molar-refractivity contribution in [3.63, 3.8) is 0 Å². The van der Waals surface area contributed by atoms with Gasteiger partial charge in [-0.2, -0.15) is 0 Å². The Hall–Kier alpha value is -3.15. The van der Waals surface area contributed by atoms with Gasteiger partial charge in [0.1, 0.15) is 0 Å². The van der Waals surface area contributed by atoms with Gasteiger partial charge in [-0.3, -0.25) is 9.59 Å². The molecule has 6 nitrogen and oxygen atoms in total. The number of hydrogen-bond donors (Lipinski definition) is 1. The van der Waals surface area contributed by atoms with Gasteiger partial charge in [-0.1, -0.05) is 0 Å². The standard InChI is InChI=1S/C24H26N2O4/c1-30-24(29)17-3-6-20(7-4-17)26-12-10-16(11-13-26)2-9-22(27)18-5-8-21-19(14-18)15-23(28)25-21/h3-8,14,16H,2,9-13,15H2,1H3,(H,25,28). The molecular formula is C24H26N2O4. The van der Waals surface area contributed by atoms with Crippen LogP contribution in [0.4, 0.5) is 11.4 Å². The van der Waals surface area contributed by atoms with Crippen LogP contribution in [0.5, 0.6) is 0 Å². The SMILES string of the molecule is COC(=O)c1ccc(N2CCC(CCC(=O)c3ccc4c(c3)CC(=O)N4)CC2)cc1. The Morgan fingerprint density at radius 1 is 1.07 bits per heavy atom. The summed E-state index contributed by atoms with van der Waals surface area (Å²) in [6, 6.07) is 13.0. The molecule has 0 radical (unpaired) electrons. The first-order valence-corrected chi connectivity index (χ1v) is 10.4. The zero-order valence-corrected chi connectivity index (χ0v) is 17.1. The summed E-state index contributed by atoms with van der Waals surface area (Å²) >= 11 is 0. The van der Waals surface area contributed by atoms with Crippen LogP contribution >= 0.6 is 0 Å². The first-order chi connectivity index (χ1) is 14.5. The molecule has 6 heteroatoms. The number of carbonyl (C=O) groups is 3. The highest BCUT2D eigenvalue weighted by Gasteiger charge is 2.22. The summed E-state index contributed by atoms with van der Waals surface area (Å²) in [5.74, 6) is 0.354. The molecule has 0 spiro atoms. The van der Waals surface area contributed by atoms with Crippen molar-refractivity contribution in [2.45, 2.75) is 32.1 Å². The van der Waals surface area contributed by atoms with E-state index in [1.807, 2.05) is 30.3 Å². The van der Waals surface area contributed by atoms with Crippen LogP contribution in [-0.4, -0.2) is 37.9 Å². The van der Waals surface area contributed by atoms with Crippen molar-refractivity contribution in [2.24, 2.45) is 5.92 Å². The molecule has 2 heterocycles. The minimum atomic E-state index is -0.323. The second-order valence-corrected chi connectivity index (χ2v) is 8.03. The number of rotatable bonds is 6. The molecule has 30 heavy (non-hydrogen) atoms. The van der Waals surface area contributed by atoms with Gasteiger partial charge in [0.2, 0.25) is 5.91 Å². The molecule has 0 aromatic heterocycles. The minimum Gasteiger partial charge on any atom is -0.465 e. The smallest absolute Gasteiger partial charge is 0.337 e. The van der Waals surface area contributed by atoms with Gasteiger partial charge in [0.15, 0.2) is 5.78 Å². The highest BCUT2D eigenvalue weighted by Crippen LogP contribution is 2.28. The summed E-state index contributed by atoms with van der Waals surface area (Å²) in [7, 11) is 1.38. The summed E-state index contributed by atoms with van der Waals surface area (Å²) < 4.78 is 4.74. The van der Waals surface area contributed by atoms with Gasteiger partial charge in [0.05, 0.1) is 19.1 Å². The predicted octanol–water partition coefficient (Wildman–Crippen LogP) is 3.85. The van der Waals surface area contributed by atoms with Crippen molar-refractivity contribution < 1.29 is 19.1 Å². The van der Waals surface area contributed by atoms with Gasteiger partial charge < -0.3 is 15.0 Å². The number of nitrogens with one attached hydrogen (secondary N) is 1. The van der Waals surface area contributed by atoms with Gasteiger partial charge in [-0.15, -0.1) is 0 Å². The Bertz CT molecular complexity index is 960. The van der Waals surface area contributed by atoms with Crippen LogP contribution < -0.4 is 10.2 Å². The van der Waals surface area contributed by atoms with Gasteiger partial charge in [0.25, 0.3) is 0 Å². The topological polar surface area (TPSA) is 75.7 Å². The van der Waals surface area contributed by atoms with Crippen molar-refractivity contribution >= 4 is 29.0 Å². The quantitative estimate of drug-likeness (QED) is 0.583. The maximum atomic E-state index is 12.6. The summed E-state index contributed by atoms with van der Waals surface area (Å²) in [4.78, 5) is 38.0. The molecule has 1 fully saturated rings. The summed E-state index contributed by atoms with van der Waals surface area (Å²) in [6.45, 7) is 1.89. The van der Waals surface area contributed by atoms with Crippen LogP contribution in [-0.2, 0) is 16.0 Å². The fourth-order valence-electron chi connectivity index (χ4n) is 4.29. The van der Waals surface area contributed by atoms with E-state index in [2.05, 4.69) is 10.2 Å². The lowest BCUT2D eigenvalue weighted by Crippen LogP contribution is -2.33. The zero-order valence-electron chi connectivity index (χ0n) is 17.1. The Morgan fingerprint density at radius 3 is 2.47 bits per heavy atom. The minimum absolute atomic E-state index is 0.0127. The second-order valence-electron chi connectivity index (χ2n) is 8.03. The van der Waals surface area contributed by atoms with Crippen LogP contribution in [0.15, 0.2) is 42.5 Å². The lowest BCUT2D eigenvalue weighted by atomic mass is 9.90. The number of ketones is 1. The zero-order chi connectivity index (χ0) is 21.1. The number of benzene rings is 2. The van der Waals surface area contributed by atoms with Crippen LogP contribution in [0.1, 0.15) is 52.0 Å². The average Bonchev–Trinajstić information content (AvgIpc) is 3.16.